The summed E-state index contributed by atoms with van der Waals surface area (Å²) < 4.78 is 37.9. The fourth-order valence-corrected chi connectivity index (χ4v) is 3.84. The molecule has 0 aliphatic carbocycles. The van der Waals surface area contributed by atoms with Crippen molar-refractivity contribution in [3.05, 3.63) is 60.2 Å². The molecule has 1 amide bonds. The van der Waals surface area contributed by atoms with E-state index in [1.165, 1.54) is 4.90 Å². The van der Waals surface area contributed by atoms with Gasteiger partial charge in [0.25, 0.3) is 5.91 Å². The van der Waals surface area contributed by atoms with Gasteiger partial charge in [0.2, 0.25) is 0 Å². The first kappa shape index (κ1) is 21.9. The number of morpholine rings is 1. The van der Waals surface area contributed by atoms with E-state index < -0.39 is 17.5 Å². The minimum Gasteiger partial charge on any atom is -0.394 e. The maximum Gasteiger partial charge on any atom is 0.253 e. The summed E-state index contributed by atoms with van der Waals surface area (Å²) in [5, 5.41) is 21.3. The number of pyridine rings is 1. The third kappa shape index (κ3) is 4.32. The Hall–Kier alpha value is -3.90. The second-order valence-electron chi connectivity index (χ2n) is 7.77. The van der Waals surface area contributed by atoms with E-state index in [9.17, 15) is 9.18 Å². The van der Waals surface area contributed by atoms with Gasteiger partial charge >= 0.3 is 0 Å². The highest BCUT2D eigenvalue weighted by Gasteiger charge is 2.25. The van der Waals surface area contributed by atoms with Gasteiger partial charge in [-0.2, -0.15) is 10.2 Å². The number of amides is 1. The van der Waals surface area contributed by atoms with Crippen LogP contribution in [0.1, 0.15) is 5.56 Å². The number of nitrogens with one attached hydrogen (secondary N) is 1. The van der Waals surface area contributed by atoms with Crippen LogP contribution in [0.4, 0.5) is 26.0 Å². The van der Waals surface area contributed by atoms with Gasteiger partial charge in [-0.15, -0.1) is 0 Å². The topological polar surface area (TPSA) is 110 Å². The van der Waals surface area contributed by atoms with Crippen LogP contribution in [0.5, 0.6) is 0 Å². The van der Waals surface area contributed by atoms with Crippen LogP contribution in [0.2, 0.25) is 0 Å². The number of aromatic nitrogens is 5. The largest absolute Gasteiger partial charge is 0.394 e. The standard InChI is InChI=1S/C22H21F2N7O3/c23-16-5-14(22(24)19(6-16)30-2-4-34-13-21(30)33)11-31-18-7-20(25-8-15(18)9-27-31)28-17-10-26-29(12-17)1-3-32/h5-10,12,32H,1-4,11,13H2,(H,25,28). The zero-order valence-corrected chi connectivity index (χ0v) is 18.0. The predicted octanol–water partition coefficient (Wildman–Crippen LogP) is 2.05. The number of carbonyl (C=O) groups is 1. The fraction of sp³-hybridized carbons (Fsp3) is 0.273. The van der Waals surface area contributed by atoms with Crippen molar-refractivity contribution in [3.63, 3.8) is 0 Å². The van der Waals surface area contributed by atoms with Gasteiger partial charge in [0.05, 0.1) is 55.6 Å². The van der Waals surface area contributed by atoms with Crippen LogP contribution >= 0.6 is 0 Å². The molecule has 3 aromatic heterocycles. The molecular weight excluding hydrogens is 448 g/mol. The van der Waals surface area contributed by atoms with E-state index in [1.54, 1.807) is 40.2 Å². The number of aliphatic hydroxyl groups excluding tert-OH is 1. The SMILES string of the molecule is O=C1COCCN1c1cc(F)cc(Cn2ncc3cnc(Nc4cnn(CCO)c4)cc32)c1F. The summed E-state index contributed by atoms with van der Waals surface area (Å²) in [6.07, 6.45) is 6.56. The highest BCUT2D eigenvalue weighted by atomic mass is 19.1. The average Bonchev–Trinajstić information content (AvgIpc) is 3.43. The fourth-order valence-electron chi connectivity index (χ4n) is 3.84. The Bertz CT molecular complexity index is 1350. The quantitative estimate of drug-likeness (QED) is 0.426. The first-order chi connectivity index (χ1) is 16.5. The molecule has 1 aliphatic rings. The molecule has 4 heterocycles. The lowest BCUT2D eigenvalue weighted by atomic mass is 10.1. The summed E-state index contributed by atoms with van der Waals surface area (Å²) in [5.41, 5.74) is 1.30. The molecule has 10 nitrogen and oxygen atoms in total. The van der Waals surface area contributed by atoms with Crippen LogP contribution in [0, 0.1) is 11.6 Å². The van der Waals surface area contributed by atoms with Crippen LogP contribution in [-0.2, 0) is 22.6 Å². The van der Waals surface area contributed by atoms with Gasteiger partial charge in [-0.05, 0) is 6.07 Å². The molecule has 0 spiro atoms. The number of anilines is 3. The summed E-state index contributed by atoms with van der Waals surface area (Å²) in [6.45, 7) is 0.537. The molecule has 2 N–H and O–H groups in total. The molecule has 12 heteroatoms. The number of benzene rings is 1. The monoisotopic (exact) mass is 469 g/mol. The number of ether oxygens (including phenoxy) is 1. The van der Waals surface area contributed by atoms with E-state index in [1.807, 2.05) is 0 Å². The molecule has 1 aliphatic heterocycles. The molecule has 0 saturated carbocycles. The molecule has 0 atom stereocenters. The van der Waals surface area contributed by atoms with E-state index in [-0.39, 0.29) is 44.2 Å². The second-order valence-corrected chi connectivity index (χ2v) is 7.77. The van der Waals surface area contributed by atoms with Crippen LogP contribution in [0.15, 0.2) is 43.0 Å². The molecule has 0 radical (unpaired) electrons. The van der Waals surface area contributed by atoms with E-state index in [4.69, 9.17) is 9.84 Å². The van der Waals surface area contributed by atoms with Crippen molar-refractivity contribution in [2.45, 2.75) is 13.1 Å². The lowest BCUT2D eigenvalue weighted by molar-refractivity contribution is -0.125. The number of nitrogens with zero attached hydrogens (tertiary/aromatic N) is 6. The van der Waals surface area contributed by atoms with Crippen molar-refractivity contribution in [3.8, 4) is 0 Å². The summed E-state index contributed by atoms with van der Waals surface area (Å²) in [4.78, 5) is 17.7. The minimum atomic E-state index is -0.677. The molecule has 4 aromatic rings. The number of fused-ring (bicyclic) bond motifs is 1. The van der Waals surface area contributed by atoms with Gasteiger partial charge in [0.1, 0.15) is 18.2 Å². The lowest BCUT2D eigenvalue weighted by Crippen LogP contribution is -2.42. The first-order valence-corrected chi connectivity index (χ1v) is 10.6. The molecule has 1 aromatic carbocycles. The summed E-state index contributed by atoms with van der Waals surface area (Å²) >= 11 is 0. The van der Waals surface area contributed by atoms with Gasteiger partial charge in [-0.1, -0.05) is 0 Å². The Morgan fingerprint density at radius 3 is 2.85 bits per heavy atom. The minimum absolute atomic E-state index is 0.0252. The molecule has 1 fully saturated rings. The van der Waals surface area contributed by atoms with Gasteiger partial charge < -0.3 is 20.1 Å². The van der Waals surface area contributed by atoms with Crippen LogP contribution in [0.25, 0.3) is 10.9 Å². The third-order valence-electron chi connectivity index (χ3n) is 5.45. The van der Waals surface area contributed by atoms with Crippen LogP contribution < -0.4 is 10.2 Å². The van der Waals surface area contributed by atoms with E-state index in [0.717, 1.165) is 17.5 Å². The lowest BCUT2D eigenvalue weighted by Gasteiger charge is -2.27. The Labute approximate surface area is 192 Å². The zero-order chi connectivity index (χ0) is 23.7. The molecule has 1 saturated heterocycles. The maximum atomic E-state index is 15.3. The van der Waals surface area contributed by atoms with Crippen LogP contribution in [-0.4, -0.2) is 61.9 Å². The van der Waals surface area contributed by atoms with Crippen molar-refractivity contribution in [1.82, 2.24) is 24.5 Å². The van der Waals surface area contributed by atoms with Crippen molar-refractivity contribution in [2.75, 3.05) is 36.6 Å². The van der Waals surface area contributed by atoms with Crippen molar-refractivity contribution >= 4 is 34.0 Å². The van der Waals surface area contributed by atoms with Crippen molar-refractivity contribution < 1.29 is 23.4 Å². The van der Waals surface area contributed by atoms with Crippen molar-refractivity contribution in [2.24, 2.45) is 0 Å². The molecule has 0 bridgehead atoms. The second kappa shape index (κ2) is 9.15. The smallest absolute Gasteiger partial charge is 0.253 e. The van der Waals surface area contributed by atoms with E-state index >= 15 is 4.39 Å². The Morgan fingerprint density at radius 1 is 1.15 bits per heavy atom. The maximum absolute atomic E-state index is 15.3. The van der Waals surface area contributed by atoms with Gasteiger partial charge in [0, 0.05) is 42.0 Å². The number of carbonyl (C=O) groups excluding carboxylic acids is 1. The molecule has 5 rings (SSSR count). The highest BCUT2D eigenvalue weighted by Crippen LogP contribution is 2.27. The normalized spacial score (nSPS) is 14.2. The number of hydrogen-bond acceptors (Lipinski definition) is 7. The average molecular weight is 469 g/mol. The van der Waals surface area contributed by atoms with Gasteiger partial charge in [-0.25, -0.2) is 13.8 Å². The number of hydrogen-bond donors (Lipinski definition) is 2. The number of halogens is 2. The number of rotatable bonds is 7. The zero-order valence-electron chi connectivity index (χ0n) is 18.0. The molecule has 34 heavy (non-hydrogen) atoms. The Morgan fingerprint density at radius 2 is 2.03 bits per heavy atom. The predicted molar refractivity (Wildman–Crippen MR) is 119 cm³/mol. The molecular formula is C22H21F2N7O3. The summed E-state index contributed by atoms with van der Waals surface area (Å²) in [6, 6.07) is 3.87. The van der Waals surface area contributed by atoms with Gasteiger partial charge in [-0.3, -0.25) is 14.2 Å². The highest BCUT2D eigenvalue weighted by molar-refractivity contribution is 5.95. The molecule has 176 valence electrons. The van der Waals surface area contributed by atoms with Crippen molar-refractivity contribution in [1.29, 1.82) is 0 Å². The Balaban J connectivity index is 1.43. The number of aliphatic hydroxyl groups is 1. The van der Waals surface area contributed by atoms with E-state index in [0.29, 0.717) is 23.6 Å². The summed E-state index contributed by atoms with van der Waals surface area (Å²) in [5.74, 6) is -1.23. The van der Waals surface area contributed by atoms with E-state index in [2.05, 4.69) is 20.5 Å². The van der Waals surface area contributed by atoms with Crippen LogP contribution in [0.3, 0.4) is 0 Å². The Kier molecular flexibility index (Phi) is 5.90. The molecule has 0 unspecified atom stereocenters. The van der Waals surface area contributed by atoms with Gasteiger partial charge in [0.15, 0.2) is 5.82 Å². The summed E-state index contributed by atoms with van der Waals surface area (Å²) in [7, 11) is 0. The third-order valence-corrected chi connectivity index (χ3v) is 5.45. The first-order valence-electron chi connectivity index (χ1n) is 10.6.